The van der Waals surface area contributed by atoms with Gasteiger partial charge in [0.25, 0.3) is 0 Å². The maximum absolute atomic E-state index is 12.3. The topological polar surface area (TPSA) is 91.1 Å². The Bertz CT molecular complexity index is 855. The first kappa shape index (κ1) is 17.2. The summed E-state index contributed by atoms with van der Waals surface area (Å²) in [5.41, 5.74) is 3.12. The molecule has 0 spiro atoms. The molecule has 5 nitrogen and oxygen atoms in total. The molecule has 0 fully saturated rings. The summed E-state index contributed by atoms with van der Waals surface area (Å²) in [6.45, 7) is 0. The average molecular weight is 351 g/mol. The second-order valence-corrected chi connectivity index (χ2v) is 6.56. The van der Waals surface area contributed by atoms with E-state index < -0.39 is 11.4 Å². The van der Waals surface area contributed by atoms with Gasteiger partial charge in [-0.2, -0.15) is 0 Å². The highest BCUT2D eigenvalue weighted by Gasteiger charge is 2.13. The molecule has 126 valence electrons. The minimum atomic E-state index is -1.65. The van der Waals surface area contributed by atoms with Gasteiger partial charge in [-0.05, 0) is 23.3 Å². The first-order valence-electron chi connectivity index (χ1n) is 7.67. The van der Waals surface area contributed by atoms with Crippen molar-refractivity contribution in [3.8, 4) is 11.1 Å². The molecule has 1 amide bonds. The summed E-state index contributed by atoms with van der Waals surface area (Å²) in [5, 5.41) is 8.37. The van der Waals surface area contributed by atoms with Crippen molar-refractivity contribution in [2.75, 3.05) is 5.32 Å². The van der Waals surface area contributed by atoms with Crippen LogP contribution in [-0.2, 0) is 22.6 Å². The number of anilines is 1. The lowest BCUT2D eigenvalue weighted by Crippen LogP contribution is -2.16. The van der Waals surface area contributed by atoms with Crippen molar-refractivity contribution >= 4 is 23.0 Å². The van der Waals surface area contributed by atoms with Crippen LogP contribution in [0.4, 0.5) is 5.69 Å². The van der Waals surface area contributed by atoms with Crippen molar-refractivity contribution in [3.05, 3.63) is 78.6 Å². The number of carbonyl (C=O) groups excluding carboxylic acids is 1. The zero-order valence-corrected chi connectivity index (χ0v) is 14.2. The van der Waals surface area contributed by atoms with E-state index in [2.05, 4.69) is 10.3 Å². The van der Waals surface area contributed by atoms with E-state index >= 15 is 0 Å². The molecule has 3 aromatic rings. The number of nitrogens with two attached hydrogens (primary N) is 1. The quantitative estimate of drug-likeness (QED) is 0.692. The van der Waals surface area contributed by atoms with Crippen LogP contribution in [0.15, 0.2) is 78.0 Å². The van der Waals surface area contributed by atoms with E-state index in [-0.39, 0.29) is 12.3 Å². The fraction of sp³-hybridized carbons (Fsp3) is 0.0526. The Kier molecular flexibility index (Phi) is 5.45. The summed E-state index contributed by atoms with van der Waals surface area (Å²) in [4.78, 5) is 16.8. The van der Waals surface area contributed by atoms with Crippen LogP contribution in [-0.4, -0.2) is 15.4 Å². The minimum Gasteiger partial charge on any atom is -0.593 e. The van der Waals surface area contributed by atoms with Crippen LogP contribution in [0.25, 0.3) is 11.1 Å². The Balaban J connectivity index is 1.85. The standard InChI is InChI=1S/C19H17N3O2S/c20-25(24)18-11-16(15-7-4-8-21-13-15)10-17(12-18)22-19(23)9-14-5-2-1-3-6-14/h1-8,10-13H,9,20H2,(H,22,23). The molecule has 1 unspecified atom stereocenters. The second kappa shape index (κ2) is 7.94. The molecule has 25 heavy (non-hydrogen) atoms. The van der Waals surface area contributed by atoms with Crippen molar-refractivity contribution < 1.29 is 9.35 Å². The van der Waals surface area contributed by atoms with Gasteiger partial charge in [-0.3, -0.25) is 9.78 Å². The Labute approximate surface area is 149 Å². The summed E-state index contributed by atoms with van der Waals surface area (Å²) in [7, 11) is 0. The fourth-order valence-corrected chi connectivity index (χ4v) is 2.96. The van der Waals surface area contributed by atoms with Gasteiger partial charge >= 0.3 is 0 Å². The molecule has 0 bridgehead atoms. The van der Waals surface area contributed by atoms with Crippen LogP contribution in [0.3, 0.4) is 0 Å². The predicted octanol–water partition coefficient (Wildman–Crippen LogP) is 2.91. The van der Waals surface area contributed by atoms with Gasteiger partial charge < -0.3 is 9.87 Å². The highest BCUT2D eigenvalue weighted by molar-refractivity contribution is 7.89. The van der Waals surface area contributed by atoms with E-state index in [9.17, 15) is 9.35 Å². The maximum Gasteiger partial charge on any atom is 0.228 e. The lowest BCUT2D eigenvalue weighted by atomic mass is 10.1. The molecule has 2 aromatic carbocycles. The molecule has 1 atom stereocenters. The molecular weight excluding hydrogens is 334 g/mol. The summed E-state index contributed by atoms with van der Waals surface area (Å²) in [6.07, 6.45) is 3.64. The first-order valence-corrected chi connectivity index (χ1v) is 8.88. The van der Waals surface area contributed by atoms with Crippen LogP contribution in [0.1, 0.15) is 5.56 Å². The zero-order valence-electron chi connectivity index (χ0n) is 13.4. The Morgan fingerprint density at radius 1 is 1.08 bits per heavy atom. The number of benzene rings is 2. The van der Waals surface area contributed by atoms with Crippen molar-refractivity contribution in [1.29, 1.82) is 0 Å². The van der Waals surface area contributed by atoms with Crippen molar-refractivity contribution in [2.45, 2.75) is 11.3 Å². The molecule has 3 rings (SSSR count). The monoisotopic (exact) mass is 351 g/mol. The van der Waals surface area contributed by atoms with Gasteiger partial charge in [-0.15, -0.1) is 5.14 Å². The van der Waals surface area contributed by atoms with E-state index in [0.717, 1.165) is 16.7 Å². The fourth-order valence-electron chi connectivity index (χ4n) is 2.47. The maximum atomic E-state index is 12.3. The predicted molar refractivity (Wildman–Crippen MR) is 99.0 cm³/mol. The van der Waals surface area contributed by atoms with Crippen LogP contribution >= 0.6 is 0 Å². The van der Waals surface area contributed by atoms with Crippen LogP contribution in [0.2, 0.25) is 0 Å². The molecule has 0 saturated heterocycles. The van der Waals surface area contributed by atoms with Gasteiger partial charge in [0.2, 0.25) is 5.91 Å². The van der Waals surface area contributed by atoms with E-state index in [1.165, 1.54) is 0 Å². The average Bonchev–Trinajstić information content (AvgIpc) is 2.63. The number of rotatable bonds is 5. The third-order valence-corrected chi connectivity index (χ3v) is 4.33. The molecule has 1 aromatic heterocycles. The van der Waals surface area contributed by atoms with Crippen LogP contribution in [0, 0.1) is 0 Å². The van der Waals surface area contributed by atoms with Crippen molar-refractivity contribution in [2.24, 2.45) is 5.14 Å². The van der Waals surface area contributed by atoms with Crippen LogP contribution in [0.5, 0.6) is 0 Å². The first-order chi connectivity index (χ1) is 12.1. The number of carbonyl (C=O) groups is 1. The number of nitrogens with one attached hydrogen (secondary N) is 1. The highest BCUT2D eigenvalue weighted by atomic mass is 32.2. The Hall–Kier alpha value is -2.67. The van der Waals surface area contributed by atoms with Gasteiger partial charge in [-0.25, -0.2) is 0 Å². The van der Waals surface area contributed by atoms with Crippen molar-refractivity contribution in [1.82, 2.24) is 4.98 Å². The van der Waals surface area contributed by atoms with Gasteiger partial charge in [0, 0.05) is 35.8 Å². The van der Waals surface area contributed by atoms with E-state index in [1.54, 1.807) is 24.5 Å². The van der Waals surface area contributed by atoms with Crippen LogP contribution < -0.4 is 10.5 Å². The molecule has 0 aliphatic rings. The molecule has 1 heterocycles. The number of hydrogen-bond acceptors (Lipinski definition) is 4. The summed E-state index contributed by atoms with van der Waals surface area (Å²) in [6, 6.07) is 18.4. The Morgan fingerprint density at radius 2 is 1.88 bits per heavy atom. The number of hydrogen-bond donors (Lipinski definition) is 2. The smallest absolute Gasteiger partial charge is 0.228 e. The van der Waals surface area contributed by atoms with Crippen molar-refractivity contribution in [3.63, 3.8) is 0 Å². The Morgan fingerprint density at radius 3 is 2.56 bits per heavy atom. The lowest BCUT2D eigenvalue weighted by Gasteiger charge is -2.11. The molecule has 0 aliphatic heterocycles. The van der Waals surface area contributed by atoms with Gasteiger partial charge in [-0.1, -0.05) is 36.4 Å². The summed E-state index contributed by atoms with van der Waals surface area (Å²) in [5.74, 6) is -0.150. The number of nitrogens with zero attached hydrogens (tertiary/aromatic N) is 1. The normalized spacial score (nSPS) is 11.8. The molecule has 0 saturated carbocycles. The highest BCUT2D eigenvalue weighted by Crippen LogP contribution is 2.26. The van der Waals surface area contributed by atoms with Gasteiger partial charge in [0.15, 0.2) is 4.90 Å². The third kappa shape index (κ3) is 4.67. The second-order valence-electron chi connectivity index (χ2n) is 5.50. The SMILES string of the molecule is N[S+]([O-])c1cc(NC(=O)Cc2ccccc2)cc(-c2cccnc2)c1. The molecule has 6 heteroatoms. The number of aromatic nitrogens is 1. The summed E-state index contributed by atoms with van der Waals surface area (Å²) < 4.78 is 11.7. The molecule has 3 N–H and O–H groups in total. The molecule has 0 radical (unpaired) electrons. The largest absolute Gasteiger partial charge is 0.593 e. The summed E-state index contributed by atoms with van der Waals surface area (Å²) >= 11 is -1.65. The zero-order chi connectivity index (χ0) is 17.6. The van der Waals surface area contributed by atoms with E-state index in [4.69, 9.17) is 5.14 Å². The third-order valence-electron chi connectivity index (χ3n) is 3.62. The minimum absolute atomic E-state index is 0.150. The lowest BCUT2D eigenvalue weighted by molar-refractivity contribution is -0.115. The van der Waals surface area contributed by atoms with Gasteiger partial charge in [0.1, 0.15) is 0 Å². The molecule has 0 aliphatic carbocycles. The number of amides is 1. The number of pyridine rings is 1. The van der Waals surface area contributed by atoms with E-state index in [1.807, 2.05) is 48.5 Å². The van der Waals surface area contributed by atoms with Gasteiger partial charge in [0.05, 0.1) is 17.8 Å². The van der Waals surface area contributed by atoms with E-state index in [0.29, 0.717) is 10.6 Å². The molecular formula is C19H17N3O2S.